The first-order valence-corrected chi connectivity index (χ1v) is 9.59. The van der Waals surface area contributed by atoms with E-state index in [-0.39, 0.29) is 6.54 Å². The molecule has 154 valence electrons. The number of alkyl halides is 3. The van der Waals surface area contributed by atoms with Gasteiger partial charge in [-0.15, -0.1) is 11.3 Å². The van der Waals surface area contributed by atoms with Crippen LogP contribution in [0.5, 0.6) is 5.75 Å². The van der Waals surface area contributed by atoms with Crippen LogP contribution >= 0.6 is 11.3 Å². The molecule has 0 saturated carbocycles. The fraction of sp³-hybridized carbons (Fsp3) is 0.444. The zero-order valence-corrected chi connectivity index (χ0v) is 16.5. The molecular formula is C18H23F3N4O2S. The van der Waals surface area contributed by atoms with Crippen LogP contribution in [-0.4, -0.2) is 37.8 Å². The van der Waals surface area contributed by atoms with Crippen molar-refractivity contribution in [2.24, 2.45) is 4.99 Å². The molecule has 0 radical (unpaired) electrons. The maximum atomic E-state index is 12.6. The highest BCUT2D eigenvalue weighted by molar-refractivity contribution is 7.09. The lowest BCUT2D eigenvalue weighted by molar-refractivity contribution is -0.140. The highest BCUT2D eigenvalue weighted by atomic mass is 32.1. The van der Waals surface area contributed by atoms with Crippen LogP contribution in [0.25, 0.3) is 0 Å². The quantitative estimate of drug-likeness (QED) is 0.365. The van der Waals surface area contributed by atoms with E-state index in [9.17, 15) is 13.2 Å². The third-order valence-electron chi connectivity index (χ3n) is 3.42. The molecule has 2 N–H and O–H groups in total. The predicted octanol–water partition coefficient (Wildman–Crippen LogP) is 4.15. The van der Waals surface area contributed by atoms with Crippen LogP contribution in [0, 0.1) is 0 Å². The number of guanidine groups is 1. The second-order valence-corrected chi connectivity index (χ2v) is 6.61. The number of thiazole rings is 1. The molecule has 28 heavy (non-hydrogen) atoms. The van der Waals surface area contributed by atoms with Gasteiger partial charge in [-0.1, -0.05) is 6.07 Å². The van der Waals surface area contributed by atoms with Gasteiger partial charge in [-0.05, 0) is 19.1 Å². The number of ether oxygens (including phenoxy) is 2. The maximum absolute atomic E-state index is 12.6. The molecule has 0 unspecified atom stereocenters. The molecule has 0 atom stereocenters. The fourth-order valence-electron chi connectivity index (χ4n) is 2.16. The number of nitrogens with one attached hydrogen (secondary N) is 2. The van der Waals surface area contributed by atoms with Gasteiger partial charge in [0.25, 0.3) is 0 Å². The zero-order chi connectivity index (χ0) is 20.4. The van der Waals surface area contributed by atoms with Crippen LogP contribution in [0.3, 0.4) is 0 Å². The SMILES string of the molecule is CCNC(=NCc1nc(C(F)(F)F)cs1)Nc1cccc(OCCCOC)c1. The van der Waals surface area contributed by atoms with Crippen LogP contribution in [0.15, 0.2) is 34.6 Å². The first kappa shape index (κ1) is 22.0. The Morgan fingerprint density at radius 3 is 2.79 bits per heavy atom. The second kappa shape index (κ2) is 10.9. The molecule has 0 amide bonds. The minimum Gasteiger partial charge on any atom is -0.493 e. The number of benzene rings is 1. The van der Waals surface area contributed by atoms with Crippen molar-refractivity contribution in [1.82, 2.24) is 10.3 Å². The number of halogens is 3. The summed E-state index contributed by atoms with van der Waals surface area (Å²) >= 11 is 0.934. The summed E-state index contributed by atoms with van der Waals surface area (Å²) in [6, 6.07) is 7.36. The zero-order valence-electron chi connectivity index (χ0n) is 15.7. The van der Waals surface area contributed by atoms with Crippen molar-refractivity contribution in [2.75, 3.05) is 32.2 Å². The molecule has 10 heteroatoms. The van der Waals surface area contributed by atoms with Crippen molar-refractivity contribution in [3.05, 3.63) is 40.3 Å². The summed E-state index contributed by atoms with van der Waals surface area (Å²) in [5.74, 6) is 1.15. The van der Waals surface area contributed by atoms with E-state index in [2.05, 4.69) is 20.6 Å². The molecular weight excluding hydrogens is 393 g/mol. The van der Waals surface area contributed by atoms with Crippen LogP contribution < -0.4 is 15.4 Å². The van der Waals surface area contributed by atoms with Gasteiger partial charge in [0.2, 0.25) is 0 Å². The summed E-state index contributed by atoms with van der Waals surface area (Å²) in [4.78, 5) is 7.89. The van der Waals surface area contributed by atoms with Crippen LogP contribution in [-0.2, 0) is 17.5 Å². The van der Waals surface area contributed by atoms with Gasteiger partial charge in [-0.25, -0.2) is 9.98 Å². The van der Waals surface area contributed by atoms with Gasteiger partial charge in [0.05, 0.1) is 13.2 Å². The average Bonchev–Trinajstić information content (AvgIpc) is 3.13. The summed E-state index contributed by atoms with van der Waals surface area (Å²) < 4.78 is 48.6. The molecule has 0 aliphatic rings. The highest BCUT2D eigenvalue weighted by Crippen LogP contribution is 2.30. The van der Waals surface area contributed by atoms with E-state index < -0.39 is 11.9 Å². The largest absolute Gasteiger partial charge is 0.493 e. The standard InChI is InChI=1S/C18H23F3N4O2S/c1-3-22-17(23-11-16-25-15(12-28-16)18(19,20)21)24-13-6-4-7-14(10-13)27-9-5-8-26-2/h4,6-7,10,12H,3,5,8-9,11H2,1-2H3,(H2,22,23,24). The fourth-order valence-corrected chi connectivity index (χ4v) is 2.89. The van der Waals surface area contributed by atoms with E-state index >= 15 is 0 Å². The lowest BCUT2D eigenvalue weighted by Crippen LogP contribution is -2.30. The van der Waals surface area contributed by atoms with Gasteiger partial charge >= 0.3 is 6.18 Å². The van der Waals surface area contributed by atoms with Crippen molar-refractivity contribution in [2.45, 2.75) is 26.1 Å². The summed E-state index contributed by atoms with van der Waals surface area (Å²) in [6.07, 6.45) is -3.66. The Balaban J connectivity index is 1.99. The van der Waals surface area contributed by atoms with Crippen molar-refractivity contribution in [1.29, 1.82) is 0 Å². The third kappa shape index (κ3) is 7.35. The van der Waals surface area contributed by atoms with Crippen LogP contribution in [0.4, 0.5) is 18.9 Å². The van der Waals surface area contributed by atoms with Gasteiger partial charge in [-0.3, -0.25) is 0 Å². The summed E-state index contributed by atoms with van der Waals surface area (Å²) in [5, 5.41) is 7.46. The number of methoxy groups -OCH3 is 1. The van der Waals surface area contributed by atoms with E-state index in [1.54, 1.807) is 7.11 Å². The number of anilines is 1. The van der Waals surface area contributed by atoms with Crippen LogP contribution in [0.1, 0.15) is 24.0 Å². The molecule has 1 heterocycles. The Labute approximate surface area is 165 Å². The molecule has 1 aromatic carbocycles. The van der Waals surface area contributed by atoms with Gasteiger partial charge in [0.1, 0.15) is 10.8 Å². The molecule has 0 saturated heterocycles. The van der Waals surface area contributed by atoms with Crippen molar-refractivity contribution < 1.29 is 22.6 Å². The van der Waals surface area contributed by atoms with Crippen LogP contribution in [0.2, 0.25) is 0 Å². The van der Waals surface area contributed by atoms with Crippen molar-refractivity contribution in [3.63, 3.8) is 0 Å². The molecule has 2 rings (SSSR count). The first-order chi connectivity index (χ1) is 13.4. The Hall–Kier alpha value is -2.33. The predicted molar refractivity (Wildman–Crippen MR) is 104 cm³/mol. The first-order valence-electron chi connectivity index (χ1n) is 8.71. The Morgan fingerprint density at radius 2 is 2.11 bits per heavy atom. The van der Waals surface area contributed by atoms with E-state index in [4.69, 9.17) is 9.47 Å². The Kier molecular flexibility index (Phi) is 8.52. The van der Waals surface area contributed by atoms with E-state index in [1.165, 1.54) is 0 Å². The molecule has 0 spiro atoms. The number of hydrogen-bond acceptors (Lipinski definition) is 5. The third-order valence-corrected chi connectivity index (χ3v) is 4.25. The minimum absolute atomic E-state index is 0.0449. The normalized spacial score (nSPS) is 12.1. The molecule has 0 aliphatic carbocycles. The molecule has 2 aromatic rings. The number of hydrogen-bond donors (Lipinski definition) is 2. The molecule has 0 bridgehead atoms. The van der Waals surface area contributed by atoms with E-state index in [1.807, 2.05) is 31.2 Å². The number of nitrogens with zero attached hydrogens (tertiary/aromatic N) is 2. The van der Waals surface area contributed by atoms with Crippen molar-refractivity contribution in [3.8, 4) is 5.75 Å². The summed E-state index contributed by atoms with van der Waals surface area (Å²) in [6.45, 7) is 3.71. The van der Waals surface area contributed by atoms with Gasteiger partial charge in [0, 0.05) is 43.8 Å². The smallest absolute Gasteiger partial charge is 0.434 e. The topological polar surface area (TPSA) is 67.8 Å². The summed E-state index contributed by atoms with van der Waals surface area (Å²) in [7, 11) is 1.64. The Morgan fingerprint density at radius 1 is 1.29 bits per heavy atom. The lowest BCUT2D eigenvalue weighted by Gasteiger charge is -2.12. The number of aliphatic imine (C=N–C) groups is 1. The average molecular weight is 416 g/mol. The number of rotatable bonds is 9. The monoisotopic (exact) mass is 416 g/mol. The minimum atomic E-state index is -4.44. The van der Waals surface area contributed by atoms with Gasteiger partial charge in [0.15, 0.2) is 11.7 Å². The highest BCUT2D eigenvalue weighted by Gasteiger charge is 2.33. The lowest BCUT2D eigenvalue weighted by atomic mass is 10.3. The van der Waals surface area contributed by atoms with Crippen molar-refractivity contribution >= 4 is 23.0 Å². The van der Waals surface area contributed by atoms with E-state index in [0.29, 0.717) is 36.5 Å². The molecule has 0 aliphatic heterocycles. The molecule has 0 fully saturated rings. The Bertz CT molecular complexity index is 765. The molecule has 1 aromatic heterocycles. The van der Waals surface area contributed by atoms with Gasteiger partial charge < -0.3 is 20.1 Å². The number of aromatic nitrogens is 1. The summed E-state index contributed by atoms with van der Waals surface area (Å²) in [5.41, 5.74) is -0.141. The second-order valence-electron chi connectivity index (χ2n) is 5.67. The van der Waals surface area contributed by atoms with Gasteiger partial charge in [-0.2, -0.15) is 13.2 Å². The maximum Gasteiger partial charge on any atom is 0.434 e. The van der Waals surface area contributed by atoms with E-state index in [0.717, 1.165) is 28.8 Å². The molecule has 6 nitrogen and oxygen atoms in total.